The normalized spacial score (nSPS) is 14.8. The van der Waals surface area contributed by atoms with Crippen molar-refractivity contribution in [3.05, 3.63) is 155 Å². The zero-order valence-electron chi connectivity index (χ0n) is 28.9. The molecule has 256 valence electrons. The molecule has 2 unspecified atom stereocenters. The predicted octanol–water partition coefficient (Wildman–Crippen LogP) is 7.83. The molecule has 8 nitrogen and oxygen atoms in total. The lowest BCUT2D eigenvalue weighted by atomic mass is 9.76. The van der Waals surface area contributed by atoms with E-state index in [-0.39, 0.29) is 17.8 Å². The zero-order chi connectivity index (χ0) is 35.4. The molecular weight excluding hydrogens is 624 g/mol. The Hall–Kier alpha value is -6.02. The van der Waals surface area contributed by atoms with Crippen LogP contribution in [-0.2, 0) is 4.74 Å². The van der Waals surface area contributed by atoms with Crippen molar-refractivity contribution in [1.29, 1.82) is 0 Å². The molecule has 1 aliphatic rings. The van der Waals surface area contributed by atoms with Gasteiger partial charge in [-0.2, -0.15) is 0 Å². The highest BCUT2D eigenvalue weighted by molar-refractivity contribution is 5.66. The lowest BCUT2D eigenvalue weighted by Gasteiger charge is -2.29. The smallest absolute Gasteiger partial charge is 0.142 e. The molecule has 6 rings (SSSR count). The lowest BCUT2D eigenvalue weighted by molar-refractivity contribution is 0.256. The maximum atomic E-state index is 6.22. The summed E-state index contributed by atoms with van der Waals surface area (Å²) in [6.45, 7) is 0. The van der Waals surface area contributed by atoms with E-state index in [0.717, 1.165) is 44.7 Å². The van der Waals surface area contributed by atoms with Crippen molar-refractivity contribution in [2.75, 3.05) is 45.6 Å². The number of nitrogens with two attached hydrogens (primary N) is 4. The van der Waals surface area contributed by atoms with Crippen molar-refractivity contribution in [2.45, 2.75) is 18.3 Å². The van der Waals surface area contributed by atoms with E-state index < -0.39 is 0 Å². The van der Waals surface area contributed by atoms with Crippen molar-refractivity contribution >= 4 is 17.1 Å². The largest absolute Gasteiger partial charge is 0.499 e. The predicted molar refractivity (Wildman–Crippen MR) is 202 cm³/mol. The molecule has 0 saturated heterocycles. The molecule has 0 bridgehead atoms. The molecule has 8 N–H and O–H groups in total. The van der Waals surface area contributed by atoms with Gasteiger partial charge >= 0.3 is 0 Å². The van der Waals surface area contributed by atoms with E-state index in [4.69, 9.17) is 41.9 Å². The lowest BCUT2D eigenvalue weighted by Crippen LogP contribution is -2.19. The highest BCUT2D eigenvalue weighted by atomic mass is 16.5. The number of benzene rings is 5. The number of anilines is 3. The monoisotopic (exact) mass is 668 g/mol. The van der Waals surface area contributed by atoms with Crippen molar-refractivity contribution in [3.8, 4) is 28.4 Å². The number of rotatable bonds is 11. The average Bonchev–Trinajstić information content (AvgIpc) is 3.15. The van der Waals surface area contributed by atoms with Crippen LogP contribution in [0.3, 0.4) is 0 Å². The van der Waals surface area contributed by atoms with E-state index in [2.05, 4.69) is 60.7 Å². The first-order valence-corrected chi connectivity index (χ1v) is 16.5. The van der Waals surface area contributed by atoms with Crippen molar-refractivity contribution < 1.29 is 18.9 Å². The summed E-state index contributed by atoms with van der Waals surface area (Å²) >= 11 is 0. The molecule has 0 heterocycles. The number of methoxy groups -OCH3 is 4. The highest BCUT2D eigenvalue weighted by Gasteiger charge is 2.28. The van der Waals surface area contributed by atoms with E-state index in [0.29, 0.717) is 46.4 Å². The van der Waals surface area contributed by atoms with Gasteiger partial charge in [0.2, 0.25) is 0 Å². The molecule has 50 heavy (non-hydrogen) atoms. The van der Waals surface area contributed by atoms with E-state index >= 15 is 0 Å². The van der Waals surface area contributed by atoms with Gasteiger partial charge in [0.15, 0.2) is 0 Å². The van der Waals surface area contributed by atoms with Crippen LogP contribution in [0.25, 0.3) is 11.1 Å². The van der Waals surface area contributed by atoms with Gasteiger partial charge in [0.25, 0.3) is 0 Å². The minimum Gasteiger partial charge on any atom is -0.499 e. The minimum atomic E-state index is -0.114. The van der Waals surface area contributed by atoms with Gasteiger partial charge in [0.1, 0.15) is 23.0 Å². The molecule has 5 aromatic carbocycles. The molecule has 1 aliphatic carbocycles. The van der Waals surface area contributed by atoms with Gasteiger partial charge in [-0.3, -0.25) is 0 Å². The SMILES string of the molecule is COC1=C(N)C=CC(C(c2ccc(-c3ccc(C(c4ccc(N)c(OC)c4)c4ccc(N)c(OC)c4)cc3)cc2)c2ccc(N)c(OC)c2)C1. The van der Waals surface area contributed by atoms with Crippen LogP contribution in [0, 0.1) is 5.92 Å². The van der Waals surface area contributed by atoms with Crippen LogP contribution >= 0.6 is 0 Å². The third-order valence-corrected chi connectivity index (χ3v) is 9.59. The number of hydrogen-bond donors (Lipinski definition) is 4. The molecule has 8 heteroatoms. The van der Waals surface area contributed by atoms with E-state index in [1.807, 2.05) is 54.6 Å². The second-order valence-corrected chi connectivity index (χ2v) is 12.5. The first kappa shape index (κ1) is 33.9. The Labute approximate surface area is 293 Å². The minimum absolute atomic E-state index is 0.0185. The van der Waals surface area contributed by atoms with Gasteiger partial charge in [-0.15, -0.1) is 0 Å². The van der Waals surface area contributed by atoms with Crippen molar-refractivity contribution in [1.82, 2.24) is 0 Å². The first-order chi connectivity index (χ1) is 24.2. The van der Waals surface area contributed by atoms with Gasteiger partial charge < -0.3 is 41.9 Å². The van der Waals surface area contributed by atoms with Crippen LogP contribution in [0.15, 0.2) is 127 Å². The van der Waals surface area contributed by atoms with Crippen molar-refractivity contribution in [3.63, 3.8) is 0 Å². The Balaban J connectivity index is 1.34. The molecule has 2 atom stereocenters. The standard InChI is InChI=1S/C42H44N4O4/c1-47-37-21-29(13-17-33(37)43)41(30-14-18-34(44)38(22-30)48-2)27-9-5-25(6-10-27)26-7-11-28(12-8-26)42(31-15-19-35(45)39(23-31)49-3)32-16-20-36(46)40(24-32)50-4/h5-23,32,41-42H,24,43-46H2,1-4H3. The molecule has 0 radical (unpaired) electrons. The Bertz CT molecular complexity index is 1980. The number of ether oxygens (including phenoxy) is 4. The summed E-state index contributed by atoms with van der Waals surface area (Å²) in [4.78, 5) is 0. The van der Waals surface area contributed by atoms with Gasteiger partial charge in [-0.25, -0.2) is 0 Å². The summed E-state index contributed by atoms with van der Waals surface area (Å²) < 4.78 is 22.4. The summed E-state index contributed by atoms with van der Waals surface area (Å²) in [6, 6.07) is 35.2. The molecule has 5 aromatic rings. The molecule has 0 amide bonds. The molecule has 0 aromatic heterocycles. The summed E-state index contributed by atoms with van der Waals surface area (Å²) in [5.41, 5.74) is 34.9. The fourth-order valence-corrected chi connectivity index (χ4v) is 6.90. The second-order valence-electron chi connectivity index (χ2n) is 12.5. The molecule has 0 spiro atoms. The van der Waals surface area contributed by atoms with Gasteiger partial charge in [-0.1, -0.05) is 72.8 Å². The van der Waals surface area contributed by atoms with Crippen LogP contribution in [-0.4, -0.2) is 28.4 Å². The third kappa shape index (κ3) is 6.78. The van der Waals surface area contributed by atoms with Gasteiger partial charge in [0.05, 0.1) is 51.2 Å². The quantitative estimate of drug-likeness (QED) is 0.0825. The number of nitrogen functional groups attached to an aromatic ring is 3. The molecule has 0 aliphatic heterocycles. The first-order valence-electron chi connectivity index (χ1n) is 16.5. The summed E-state index contributed by atoms with van der Waals surface area (Å²) in [7, 11) is 6.56. The van der Waals surface area contributed by atoms with Crippen LogP contribution < -0.4 is 37.1 Å². The van der Waals surface area contributed by atoms with E-state index in [9.17, 15) is 0 Å². The topological polar surface area (TPSA) is 141 Å². The van der Waals surface area contributed by atoms with Crippen molar-refractivity contribution in [2.24, 2.45) is 11.7 Å². The maximum absolute atomic E-state index is 6.22. The molecule has 0 fully saturated rings. The summed E-state index contributed by atoms with van der Waals surface area (Å²) in [5.74, 6) is 2.72. The van der Waals surface area contributed by atoms with Crippen LogP contribution in [0.5, 0.6) is 17.2 Å². The van der Waals surface area contributed by atoms with E-state index in [1.54, 1.807) is 28.4 Å². The number of hydrogen-bond acceptors (Lipinski definition) is 8. The van der Waals surface area contributed by atoms with Crippen LogP contribution in [0.2, 0.25) is 0 Å². The molecular formula is C42H44N4O4. The fourth-order valence-electron chi connectivity index (χ4n) is 6.90. The summed E-state index contributed by atoms with van der Waals surface area (Å²) in [6.07, 6.45) is 4.79. The third-order valence-electron chi connectivity index (χ3n) is 9.59. The van der Waals surface area contributed by atoms with Gasteiger partial charge in [-0.05, 0) is 87.3 Å². The Morgan fingerprint density at radius 3 is 1.38 bits per heavy atom. The number of allylic oxidation sites excluding steroid dienone is 3. The highest BCUT2D eigenvalue weighted by Crippen LogP contribution is 2.42. The fraction of sp³-hybridized carbons (Fsp3) is 0.190. The zero-order valence-corrected chi connectivity index (χ0v) is 28.9. The Morgan fingerprint density at radius 2 is 0.920 bits per heavy atom. The van der Waals surface area contributed by atoms with Crippen LogP contribution in [0.1, 0.15) is 46.1 Å². The molecule has 0 saturated carbocycles. The van der Waals surface area contributed by atoms with Crippen LogP contribution in [0.4, 0.5) is 17.1 Å². The summed E-state index contributed by atoms with van der Waals surface area (Å²) in [5, 5.41) is 0. The maximum Gasteiger partial charge on any atom is 0.142 e. The Kier molecular flexibility index (Phi) is 9.90. The Morgan fingerprint density at radius 1 is 0.500 bits per heavy atom. The van der Waals surface area contributed by atoms with E-state index in [1.165, 1.54) is 0 Å². The average molecular weight is 669 g/mol. The second kappa shape index (κ2) is 14.6. The van der Waals surface area contributed by atoms with Gasteiger partial charge in [0, 0.05) is 18.3 Å².